The maximum absolute atomic E-state index is 4.74. The molecular formula is C32H25NS. The van der Waals surface area contributed by atoms with Gasteiger partial charge in [0, 0.05) is 31.9 Å². The topological polar surface area (TPSA) is 12.9 Å². The van der Waals surface area contributed by atoms with E-state index in [0.29, 0.717) is 5.92 Å². The molecule has 0 N–H and O–H groups in total. The predicted octanol–water partition coefficient (Wildman–Crippen LogP) is 9.57. The second-order valence-electron chi connectivity index (χ2n) is 9.04. The largest absolute Gasteiger partial charge is 0.256 e. The third kappa shape index (κ3) is 3.61. The van der Waals surface area contributed by atoms with Crippen LogP contribution in [-0.4, -0.2) is 4.98 Å². The Morgan fingerprint density at radius 3 is 1.91 bits per heavy atom. The second-order valence-corrected chi connectivity index (χ2v) is 10.1. The fraction of sp³-hybridized carbons (Fsp3) is 0.0938. The first kappa shape index (κ1) is 20.8. The molecule has 0 aliphatic carbocycles. The molecule has 2 aromatic heterocycles. The van der Waals surface area contributed by atoms with Crippen LogP contribution in [0, 0.1) is 0 Å². The molecule has 0 radical (unpaired) electrons. The summed E-state index contributed by atoms with van der Waals surface area (Å²) in [6.45, 7) is 4.46. The fourth-order valence-corrected chi connectivity index (χ4v) is 6.03. The van der Waals surface area contributed by atoms with E-state index in [1.54, 1.807) is 0 Å². The molecule has 0 atom stereocenters. The van der Waals surface area contributed by atoms with Crippen LogP contribution in [-0.2, 0) is 0 Å². The van der Waals surface area contributed by atoms with E-state index < -0.39 is 0 Å². The first-order valence-corrected chi connectivity index (χ1v) is 12.6. The Balaban J connectivity index is 1.50. The van der Waals surface area contributed by atoms with E-state index in [1.807, 2.05) is 17.5 Å². The van der Waals surface area contributed by atoms with Gasteiger partial charge in [-0.1, -0.05) is 105 Å². The Morgan fingerprint density at radius 2 is 1.21 bits per heavy atom. The van der Waals surface area contributed by atoms with Crippen LogP contribution in [0.4, 0.5) is 0 Å². The lowest BCUT2D eigenvalue weighted by Gasteiger charge is -2.08. The SMILES string of the molecule is CC(C)c1ccnc(-c2cccc3c2sc2c(-c4ccc(-c5ccccc5)cc4)cccc23)c1. The lowest BCUT2D eigenvalue weighted by molar-refractivity contribution is 0.864. The molecule has 0 saturated carbocycles. The second kappa shape index (κ2) is 8.55. The third-order valence-corrected chi connectivity index (χ3v) is 7.84. The molecule has 0 unspecified atom stereocenters. The number of aromatic nitrogens is 1. The average Bonchev–Trinajstić information content (AvgIpc) is 3.28. The van der Waals surface area contributed by atoms with Crippen molar-refractivity contribution in [3.63, 3.8) is 0 Å². The van der Waals surface area contributed by atoms with Gasteiger partial charge in [-0.25, -0.2) is 0 Å². The average molecular weight is 456 g/mol. The Morgan fingerprint density at radius 1 is 0.588 bits per heavy atom. The summed E-state index contributed by atoms with van der Waals surface area (Å²) in [6.07, 6.45) is 1.94. The van der Waals surface area contributed by atoms with Crippen LogP contribution in [0.5, 0.6) is 0 Å². The highest BCUT2D eigenvalue weighted by Crippen LogP contribution is 2.43. The zero-order valence-electron chi connectivity index (χ0n) is 19.3. The van der Waals surface area contributed by atoms with Gasteiger partial charge >= 0.3 is 0 Å². The molecule has 0 aliphatic heterocycles. The summed E-state index contributed by atoms with van der Waals surface area (Å²) in [7, 11) is 0. The lowest BCUT2D eigenvalue weighted by Crippen LogP contribution is -1.90. The summed E-state index contributed by atoms with van der Waals surface area (Å²) in [6, 6.07) is 37.1. The van der Waals surface area contributed by atoms with Crippen LogP contribution < -0.4 is 0 Å². The van der Waals surface area contributed by atoms with Gasteiger partial charge in [-0.15, -0.1) is 11.3 Å². The number of rotatable bonds is 4. The maximum Gasteiger partial charge on any atom is 0.0719 e. The minimum atomic E-state index is 0.480. The highest BCUT2D eigenvalue weighted by Gasteiger charge is 2.15. The van der Waals surface area contributed by atoms with E-state index in [-0.39, 0.29) is 0 Å². The summed E-state index contributed by atoms with van der Waals surface area (Å²) < 4.78 is 2.64. The van der Waals surface area contributed by atoms with Crippen LogP contribution in [0.3, 0.4) is 0 Å². The van der Waals surface area contributed by atoms with Gasteiger partial charge in [0.15, 0.2) is 0 Å². The minimum absolute atomic E-state index is 0.480. The normalized spacial score (nSPS) is 11.5. The van der Waals surface area contributed by atoms with E-state index in [2.05, 4.69) is 117 Å². The summed E-state index contributed by atoms with van der Waals surface area (Å²) in [5, 5.41) is 2.61. The molecule has 0 saturated heterocycles. The van der Waals surface area contributed by atoms with Gasteiger partial charge < -0.3 is 0 Å². The fourth-order valence-electron chi connectivity index (χ4n) is 4.68. The monoisotopic (exact) mass is 455 g/mol. The van der Waals surface area contributed by atoms with Gasteiger partial charge in [-0.05, 0) is 45.9 Å². The predicted molar refractivity (Wildman–Crippen MR) is 148 cm³/mol. The third-order valence-electron chi connectivity index (χ3n) is 6.55. The summed E-state index contributed by atoms with van der Waals surface area (Å²) in [5.41, 5.74) is 8.61. The Bertz CT molecular complexity index is 1610. The van der Waals surface area contributed by atoms with Gasteiger partial charge in [0.05, 0.1) is 5.69 Å². The lowest BCUT2D eigenvalue weighted by atomic mass is 9.98. The molecule has 0 amide bonds. The zero-order valence-corrected chi connectivity index (χ0v) is 20.1. The van der Waals surface area contributed by atoms with Crippen molar-refractivity contribution in [1.29, 1.82) is 0 Å². The molecule has 0 aliphatic rings. The summed E-state index contributed by atoms with van der Waals surface area (Å²) in [4.78, 5) is 4.74. The van der Waals surface area contributed by atoms with Crippen LogP contribution in [0.1, 0.15) is 25.3 Å². The summed E-state index contributed by atoms with van der Waals surface area (Å²) >= 11 is 1.88. The number of thiophene rings is 1. The van der Waals surface area contributed by atoms with Crippen molar-refractivity contribution >= 4 is 31.5 Å². The van der Waals surface area contributed by atoms with Crippen molar-refractivity contribution in [3.8, 4) is 33.5 Å². The highest BCUT2D eigenvalue weighted by molar-refractivity contribution is 7.26. The molecule has 0 fully saturated rings. The van der Waals surface area contributed by atoms with Crippen LogP contribution in [0.15, 0.2) is 109 Å². The molecule has 6 rings (SSSR count). The number of pyridine rings is 1. The number of hydrogen-bond donors (Lipinski definition) is 0. The first-order chi connectivity index (χ1) is 16.7. The van der Waals surface area contributed by atoms with Gasteiger partial charge in [0.2, 0.25) is 0 Å². The number of nitrogens with zero attached hydrogens (tertiary/aromatic N) is 1. The molecule has 2 heteroatoms. The molecule has 34 heavy (non-hydrogen) atoms. The molecule has 164 valence electrons. The van der Waals surface area contributed by atoms with E-state index in [9.17, 15) is 0 Å². The Kier molecular flexibility index (Phi) is 5.24. The standard InChI is InChI=1S/C32H25NS/c1-21(2)25-18-19-33-30(20-25)29-13-7-12-28-27-11-6-10-26(31(27)34-32(28)29)24-16-14-23(15-17-24)22-8-4-3-5-9-22/h3-21H,1-2H3. The van der Waals surface area contributed by atoms with E-state index >= 15 is 0 Å². The quantitative estimate of drug-likeness (QED) is 0.258. The van der Waals surface area contributed by atoms with Gasteiger partial charge in [0.1, 0.15) is 0 Å². The van der Waals surface area contributed by atoms with Crippen LogP contribution in [0.2, 0.25) is 0 Å². The van der Waals surface area contributed by atoms with Crippen molar-refractivity contribution in [2.45, 2.75) is 19.8 Å². The summed E-state index contributed by atoms with van der Waals surface area (Å²) in [5.74, 6) is 0.480. The Labute approximate surface area is 204 Å². The molecule has 4 aromatic carbocycles. The smallest absolute Gasteiger partial charge is 0.0719 e. The molecule has 0 spiro atoms. The van der Waals surface area contributed by atoms with E-state index in [4.69, 9.17) is 4.98 Å². The van der Waals surface area contributed by atoms with Gasteiger partial charge in [-0.3, -0.25) is 4.98 Å². The molecule has 0 bridgehead atoms. The van der Waals surface area contributed by atoms with Crippen LogP contribution in [0.25, 0.3) is 53.7 Å². The van der Waals surface area contributed by atoms with Crippen molar-refractivity contribution in [2.24, 2.45) is 0 Å². The minimum Gasteiger partial charge on any atom is -0.256 e. The van der Waals surface area contributed by atoms with Crippen LogP contribution >= 0.6 is 11.3 Å². The number of fused-ring (bicyclic) bond motifs is 3. The number of hydrogen-bond acceptors (Lipinski definition) is 2. The molecule has 2 heterocycles. The van der Waals surface area contributed by atoms with E-state index in [1.165, 1.54) is 53.6 Å². The van der Waals surface area contributed by atoms with Crippen molar-refractivity contribution in [1.82, 2.24) is 4.98 Å². The number of benzene rings is 4. The molecular weight excluding hydrogens is 430 g/mol. The van der Waals surface area contributed by atoms with Crippen molar-refractivity contribution in [2.75, 3.05) is 0 Å². The van der Waals surface area contributed by atoms with Crippen molar-refractivity contribution in [3.05, 3.63) is 115 Å². The van der Waals surface area contributed by atoms with Gasteiger partial charge in [-0.2, -0.15) is 0 Å². The maximum atomic E-state index is 4.74. The van der Waals surface area contributed by atoms with Gasteiger partial charge in [0.25, 0.3) is 0 Å². The van der Waals surface area contributed by atoms with E-state index in [0.717, 1.165) is 5.69 Å². The molecule has 6 aromatic rings. The van der Waals surface area contributed by atoms with Crippen molar-refractivity contribution < 1.29 is 0 Å². The molecule has 1 nitrogen and oxygen atoms in total. The first-order valence-electron chi connectivity index (χ1n) is 11.8. The highest BCUT2D eigenvalue weighted by atomic mass is 32.1. The Hall–Kier alpha value is -3.75. The zero-order chi connectivity index (χ0) is 23.1.